The summed E-state index contributed by atoms with van der Waals surface area (Å²) < 4.78 is 17.7. The molecule has 6 heteroatoms. The van der Waals surface area contributed by atoms with Crippen LogP contribution < -0.4 is 5.32 Å². The number of rotatable bonds is 6. The highest BCUT2D eigenvalue weighted by Crippen LogP contribution is 2.12. The zero-order chi connectivity index (χ0) is 16.8. The van der Waals surface area contributed by atoms with Gasteiger partial charge in [-0.1, -0.05) is 0 Å². The fraction of sp³-hybridized carbons (Fsp3) is 0.294. The number of anilines is 1. The van der Waals surface area contributed by atoms with Crippen LogP contribution in [0.1, 0.15) is 30.6 Å². The molecular weight excluding hydrogens is 299 g/mol. The van der Waals surface area contributed by atoms with Crippen LogP contribution in [0.3, 0.4) is 0 Å². The Morgan fingerprint density at radius 2 is 1.91 bits per heavy atom. The summed E-state index contributed by atoms with van der Waals surface area (Å²) in [6.07, 6.45) is 2.97. The van der Waals surface area contributed by atoms with Crippen molar-refractivity contribution in [2.75, 3.05) is 11.9 Å². The normalized spacial score (nSPS) is 10.6. The van der Waals surface area contributed by atoms with E-state index in [1.165, 1.54) is 36.8 Å². The number of benzene rings is 1. The molecule has 122 valence electrons. The number of amides is 2. The largest absolute Gasteiger partial charge is 0.472 e. The molecular formula is C17H19FN2O3. The Hall–Kier alpha value is -2.63. The number of carbonyl (C=O) groups excluding carboxylic acids is 2. The van der Waals surface area contributed by atoms with Gasteiger partial charge >= 0.3 is 0 Å². The second kappa shape index (κ2) is 7.58. The van der Waals surface area contributed by atoms with Crippen molar-refractivity contribution in [2.45, 2.75) is 26.3 Å². The fourth-order valence-corrected chi connectivity index (χ4v) is 2.12. The lowest BCUT2D eigenvalue weighted by Crippen LogP contribution is -2.38. The van der Waals surface area contributed by atoms with Crippen LogP contribution >= 0.6 is 0 Å². The third-order valence-electron chi connectivity index (χ3n) is 3.36. The Labute approximate surface area is 134 Å². The van der Waals surface area contributed by atoms with E-state index in [2.05, 4.69) is 5.32 Å². The molecule has 0 saturated carbocycles. The number of halogens is 1. The molecule has 2 amide bonds. The molecule has 2 rings (SSSR count). The Balaban J connectivity index is 1.92. The average Bonchev–Trinajstić information content (AvgIpc) is 3.03. The second-order valence-corrected chi connectivity index (χ2v) is 5.41. The van der Waals surface area contributed by atoms with Gasteiger partial charge in [0.25, 0.3) is 5.91 Å². The molecule has 0 bridgehead atoms. The maximum absolute atomic E-state index is 12.8. The lowest BCUT2D eigenvalue weighted by atomic mass is 10.2. The standard InChI is InChI=1S/C17H19FN2O3/c1-12(2)20(17(22)13-8-10-23-11-13)9-7-16(21)19-15-5-3-14(18)4-6-15/h3-6,8,10-12H,7,9H2,1-2H3,(H,19,21). The third kappa shape index (κ3) is 4.67. The number of nitrogens with one attached hydrogen (secondary N) is 1. The third-order valence-corrected chi connectivity index (χ3v) is 3.36. The van der Waals surface area contributed by atoms with Crippen LogP contribution in [-0.2, 0) is 4.79 Å². The molecule has 0 aliphatic carbocycles. The molecule has 1 aromatic heterocycles. The molecule has 0 fully saturated rings. The van der Waals surface area contributed by atoms with Crippen molar-refractivity contribution in [3.8, 4) is 0 Å². The Morgan fingerprint density at radius 1 is 1.22 bits per heavy atom. The molecule has 1 aromatic carbocycles. The van der Waals surface area contributed by atoms with E-state index in [0.29, 0.717) is 11.3 Å². The Kier molecular flexibility index (Phi) is 5.51. The van der Waals surface area contributed by atoms with Crippen molar-refractivity contribution in [3.05, 3.63) is 54.2 Å². The first-order valence-corrected chi connectivity index (χ1v) is 7.36. The van der Waals surface area contributed by atoms with Crippen LogP contribution in [0.15, 0.2) is 47.3 Å². The first kappa shape index (κ1) is 16.7. The Bertz CT molecular complexity index is 651. The minimum absolute atomic E-state index is 0.0454. The number of hydrogen-bond acceptors (Lipinski definition) is 3. The van der Waals surface area contributed by atoms with Gasteiger partial charge in [0, 0.05) is 24.7 Å². The van der Waals surface area contributed by atoms with Crippen LogP contribution in [-0.4, -0.2) is 29.3 Å². The second-order valence-electron chi connectivity index (χ2n) is 5.41. The topological polar surface area (TPSA) is 62.6 Å². The summed E-state index contributed by atoms with van der Waals surface area (Å²) in [5.74, 6) is -0.773. The van der Waals surface area contributed by atoms with Crippen molar-refractivity contribution < 1.29 is 18.4 Å². The van der Waals surface area contributed by atoms with Gasteiger partial charge in [-0.15, -0.1) is 0 Å². The summed E-state index contributed by atoms with van der Waals surface area (Å²) in [6, 6.07) is 7.08. The molecule has 23 heavy (non-hydrogen) atoms. The lowest BCUT2D eigenvalue weighted by Gasteiger charge is -2.26. The first-order valence-electron chi connectivity index (χ1n) is 7.36. The fourth-order valence-electron chi connectivity index (χ4n) is 2.12. The summed E-state index contributed by atoms with van der Waals surface area (Å²) in [5, 5.41) is 2.68. The van der Waals surface area contributed by atoms with Crippen molar-refractivity contribution in [1.29, 1.82) is 0 Å². The lowest BCUT2D eigenvalue weighted by molar-refractivity contribution is -0.116. The minimum Gasteiger partial charge on any atom is -0.472 e. The molecule has 0 unspecified atom stereocenters. The average molecular weight is 318 g/mol. The molecule has 0 aliphatic rings. The summed E-state index contributed by atoms with van der Waals surface area (Å²) in [7, 11) is 0. The van der Waals surface area contributed by atoms with Crippen molar-refractivity contribution in [3.63, 3.8) is 0 Å². The van der Waals surface area contributed by atoms with Crippen LogP contribution in [0, 0.1) is 5.82 Å². The number of carbonyl (C=O) groups is 2. The number of nitrogens with zero attached hydrogens (tertiary/aromatic N) is 1. The van der Waals surface area contributed by atoms with E-state index in [1.807, 2.05) is 13.8 Å². The molecule has 0 atom stereocenters. The molecule has 1 heterocycles. The molecule has 5 nitrogen and oxygen atoms in total. The first-order chi connectivity index (χ1) is 11.0. The maximum atomic E-state index is 12.8. The van der Waals surface area contributed by atoms with Crippen molar-refractivity contribution in [2.24, 2.45) is 0 Å². The summed E-state index contributed by atoms with van der Waals surface area (Å²) in [6.45, 7) is 4.06. The maximum Gasteiger partial charge on any atom is 0.257 e. The van der Waals surface area contributed by atoms with E-state index in [1.54, 1.807) is 11.0 Å². The predicted molar refractivity (Wildman–Crippen MR) is 84.5 cm³/mol. The van der Waals surface area contributed by atoms with E-state index in [4.69, 9.17) is 4.42 Å². The van der Waals surface area contributed by atoms with Crippen LogP contribution in [0.2, 0.25) is 0 Å². The molecule has 0 saturated heterocycles. The zero-order valence-electron chi connectivity index (χ0n) is 13.1. The number of furan rings is 1. The summed E-state index contributed by atoms with van der Waals surface area (Å²) >= 11 is 0. The molecule has 1 N–H and O–H groups in total. The van der Waals surface area contributed by atoms with E-state index >= 15 is 0 Å². The zero-order valence-corrected chi connectivity index (χ0v) is 13.1. The Morgan fingerprint density at radius 3 is 2.48 bits per heavy atom. The van der Waals surface area contributed by atoms with Gasteiger partial charge in [-0.2, -0.15) is 0 Å². The van der Waals surface area contributed by atoms with Crippen molar-refractivity contribution >= 4 is 17.5 Å². The van der Waals surface area contributed by atoms with Gasteiger partial charge in [-0.05, 0) is 44.2 Å². The molecule has 0 aliphatic heterocycles. The van der Waals surface area contributed by atoms with Gasteiger partial charge < -0.3 is 14.6 Å². The van der Waals surface area contributed by atoms with Crippen LogP contribution in [0.5, 0.6) is 0 Å². The van der Waals surface area contributed by atoms with Crippen LogP contribution in [0.25, 0.3) is 0 Å². The van der Waals surface area contributed by atoms with Gasteiger partial charge in [0.05, 0.1) is 11.8 Å². The van der Waals surface area contributed by atoms with Gasteiger partial charge in [0.2, 0.25) is 5.91 Å². The summed E-state index contributed by atoms with van der Waals surface area (Å²) in [4.78, 5) is 25.9. The smallest absolute Gasteiger partial charge is 0.257 e. The highest BCUT2D eigenvalue weighted by molar-refractivity contribution is 5.95. The highest BCUT2D eigenvalue weighted by Gasteiger charge is 2.20. The van der Waals surface area contributed by atoms with E-state index in [9.17, 15) is 14.0 Å². The van der Waals surface area contributed by atoms with Gasteiger partial charge in [0.15, 0.2) is 0 Å². The van der Waals surface area contributed by atoms with E-state index in [-0.39, 0.29) is 36.6 Å². The number of hydrogen-bond donors (Lipinski definition) is 1. The van der Waals surface area contributed by atoms with E-state index < -0.39 is 0 Å². The highest BCUT2D eigenvalue weighted by atomic mass is 19.1. The SMILES string of the molecule is CC(C)N(CCC(=O)Nc1ccc(F)cc1)C(=O)c1ccoc1. The quantitative estimate of drug-likeness (QED) is 0.889. The van der Waals surface area contributed by atoms with E-state index in [0.717, 1.165) is 0 Å². The molecule has 2 aromatic rings. The molecule has 0 spiro atoms. The van der Waals surface area contributed by atoms with Crippen molar-refractivity contribution in [1.82, 2.24) is 4.90 Å². The van der Waals surface area contributed by atoms with Gasteiger partial charge in [0.1, 0.15) is 12.1 Å². The minimum atomic E-state index is -0.361. The van der Waals surface area contributed by atoms with Gasteiger partial charge in [-0.3, -0.25) is 9.59 Å². The van der Waals surface area contributed by atoms with Gasteiger partial charge in [-0.25, -0.2) is 4.39 Å². The monoisotopic (exact) mass is 318 g/mol. The van der Waals surface area contributed by atoms with Crippen LogP contribution in [0.4, 0.5) is 10.1 Å². The summed E-state index contributed by atoms with van der Waals surface area (Å²) in [5.41, 5.74) is 0.978. The molecule has 0 radical (unpaired) electrons. The predicted octanol–water partition coefficient (Wildman–Crippen LogP) is 3.30.